The van der Waals surface area contributed by atoms with Crippen LogP contribution in [0.25, 0.3) is 56.7 Å². The number of alkyl halides is 2. The molecular formula is C53H58Cl2O12. The Bertz CT molecular complexity index is 2780. The van der Waals surface area contributed by atoms with E-state index in [-0.39, 0.29) is 109 Å². The van der Waals surface area contributed by atoms with Crippen LogP contribution >= 0.6 is 23.2 Å². The average Bonchev–Trinajstić information content (AvgIpc) is 3.24. The second-order valence-electron chi connectivity index (χ2n) is 16.6. The molecule has 0 fully saturated rings. The summed E-state index contributed by atoms with van der Waals surface area (Å²) in [5.41, 5.74) is 3.39. The van der Waals surface area contributed by atoms with Gasteiger partial charge in [0.15, 0.2) is 0 Å². The van der Waals surface area contributed by atoms with Gasteiger partial charge in [0.25, 0.3) is 0 Å². The Kier molecular flexibility index (Phi) is 18.6. The summed E-state index contributed by atoms with van der Waals surface area (Å²) in [6.07, 6.45) is 11.5. The molecule has 6 aromatic rings. The van der Waals surface area contributed by atoms with Crippen molar-refractivity contribution in [2.45, 2.75) is 68.2 Å². The van der Waals surface area contributed by atoms with Crippen LogP contribution < -0.4 is 20.3 Å². The first-order valence-corrected chi connectivity index (χ1v) is 22.3. The fourth-order valence-corrected chi connectivity index (χ4v) is 6.80. The first-order valence-electron chi connectivity index (χ1n) is 21.3. The van der Waals surface area contributed by atoms with E-state index in [1.807, 2.05) is 79.7 Å². The molecule has 67 heavy (non-hydrogen) atoms. The lowest BCUT2D eigenvalue weighted by Gasteiger charge is -2.14. The summed E-state index contributed by atoms with van der Waals surface area (Å²) in [4.78, 5) is 27.2. The molecule has 0 amide bonds. The van der Waals surface area contributed by atoms with E-state index in [0.717, 1.165) is 11.1 Å². The molecule has 0 atom stereocenters. The topological polar surface area (TPSA) is 200 Å². The van der Waals surface area contributed by atoms with Crippen LogP contribution in [0.5, 0.6) is 46.0 Å². The van der Waals surface area contributed by atoms with Crippen LogP contribution in [0.3, 0.4) is 0 Å². The Morgan fingerprint density at radius 3 is 1.22 bits per heavy atom. The highest BCUT2D eigenvalue weighted by Crippen LogP contribution is 2.42. The molecule has 356 valence electrons. The average molecular weight is 958 g/mol. The van der Waals surface area contributed by atoms with Crippen LogP contribution in [0.4, 0.5) is 0 Å². The molecule has 12 nitrogen and oxygen atoms in total. The van der Waals surface area contributed by atoms with Crippen molar-refractivity contribution in [1.29, 1.82) is 0 Å². The molecule has 0 saturated carbocycles. The molecule has 0 unspecified atom stereocenters. The van der Waals surface area contributed by atoms with Crippen LogP contribution in [0.2, 0.25) is 0 Å². The maximum Gasteiger partial charge on any atom is 0.200 e. The van der Waals surface area contributed by atoms with Gasteiger partial charge >= 0.3 is 0 Å². The van der Waals surface area contributed by atoms with Gasteiger partial charge in [-0.3, -0.25) is 9.59 Å². The van der Waals surface area contributed by atoms with E-state index >= 15 is 0 Å². The number of allylic oxidation sites excluding steroid dienone is 6. The number of hydrogen-bond acceptors (Lipinski definition) is 12. The normalized spacial score (nSPS) is 11.2. The number of halogens is 2. The lowest BCUT2D eigenvalue weighted by atomic mass is 9.98. The van der Waals surface area contributed by atoms with Gasteiger partial charge in [-0.15, -0.1) is 23.2 Å². The molecule has 2 aromatic heterocycles. The van der Waals surface area contributed by atoms with Crippen molar-refractivity contribution in [2.24, 2.45) is 11.8 Å². The summed E-state index contributed by atoms with van der Waals surface area (Å²) in [5, 5.41) is 62.5. The van der Waals surface area contributed by atoms with Gasteiger partial charge in [-0.2, -0.15) is 0 Å². The lowest BCUT2D eigenvalue weighted by Crippen LogP contribution is -2.12. The lowest BCUT2D eigenvalue weighted by molar-refractivity contribution is 0.406. The van der Waals surface area contributed by atoms with Crippen molar-refractivity contribution in [1.82, 2.24) is 0 Å². The van der Waals surface area contributed by atoms with Gasteiger partial charge in [0.1, 0.15) is 79.5 Å². The fourth-order valence-electron chi connectivity index (χ4n) is 6.80. The third kappa shape index (κ3) is 12.8. The molecule has 6 N–H and O–H groups in total. The van der Waals surface area contributed by atoms with Gasteiger partial charge in [-0.25, -0.2) is 0 Å². The maximum absolute atomic E-state index is 13.6. The van der Waals surface area contributed by atoms with E-state index in [9.17, 15) is 40.2 Å². The van der Waals surface area contributed by atoms with Crippen molar-refractivity contribution in [2.75, 3.05) is 19.6 Å². The Hall–Kier alpha value is -6.76. The van der Waals surface area contributed by atoms with Gasteiger partial charge < -0.3 is 48.9 Å². The predicted molar refractivity (Wildman–Crippen MR) is 270 cm³/mol. The summed E-state index contributed by atoms with van der Waals surface area (Å²) in [5.74, 6) is 0.419. The zero-order valence-corrected chi connectivity index (χ0v) is 40.8. The molecule has 0 spiro atoms. The first kappa shape index (κ1) is 52.9. The number of benzene rings is 4. The van der Waals surface area contributed by atoms with E-state index < -0.39 is 10.9 Å². The third-order valence-corrected chi connectivity index (χ3v) is 10.1. The van der Waals surface area contributed by atoms with Crippen molar-refractivity contribution >= 4 is 57.3 Å². The van der Waals surface area contributed by atoms with E-state index in [0.29, 0.717) is 33.8 Å². The van der Waals surface area contributed by atoms with Gasteiger partial charge in [-0.1, -0.05) is 75.3 Å². The van der Waals surface area contributed by atoms with Crippen LogP contribution in [-0.4, -0.2) is 50.2 Å². The molecular weight excluding hydrogens is 899 g/mol. The Morgan fingerprint density at radius 2 is 0.940 bits per heavy atom. The second kappa shape index (κ2) is 23.6. The van der Waals surface area contributed by atoms with Gasteiger partial charge in [0.05, 0.1) is 41.8 Å². The Morgan fingerprint density at radius 1 is 0.597 bits per heavy atom. The number of phenolic OH excluding ortho intramolecular Hbond substituents is 6. The minimum absolute atomic E-state index is 0.0494. The van der Waals surface area contributed by atoms with Crippen LogP contribution in [-0.2, 0) is 12.8 Å². The number of methoxy groups -OCH3 is 2. The van der Waals surface area contributed by atoms with Crippen LogP contribution in [0.1, 0.15) is 77.6 Å². The van der Waals surface area contributed by atoms with Gasteiger partial charge in [0, 0.05) is 35.4 Å². The summed E-state index contributed by atoms with van der Waals surface area (Å²) < 4.78 is 23.0. The number of hydrogen-bond donors (Lipinski definition) is 6. The van der Waals surface area contributed by atoms with Crippen molar-refractivity contribution in [3.05, 3.63) is 127 Å². The van der Waals surface area contributed by atoms with Crippen molar-refractivity contribution in [3.8, 4) is 68.6 Å². The summed E-state index contributed by atoms with van der Waals surface area (Å²) in [7, 11) is 2.95. The Labute approximate surface area is 399 Å². The zero-order chi connectivity index (χ0) is 49.9. The van der Waals surface area contributed by atoms with E-state index in [1.165, 1.54) is 50.6 Å². The molecule has 2 heterocycles. The smallest absolute Gasteiger partial charge is 0.200 e. The minimum Gasteiger partial charge on any atom is -0.508 e. The minimum atomic E-state index is -0.398. The second-order valence-corrected chi connectivity index (χ2v) is 17.4. The summed E-state index contributed by atoms with van der Waals surface area (Å²) >= 11 is 9.53. The van der Waals surface area contributed by atoms with E-state index in [2.05, 4.69) is 0 Å². The first-order chi connectivity index (χ1) is 31.7. The molecule has 4 aromatic carbocycles. The fraction of sp³-hybridized carbons (Fsp3) is 0.283. The van der Waals surface area contributed by atoms with E-state index in [1.54, 1.807) is 24.3 Å². The quantitative estimate of drug-likeness (QED) is 0.0502. The maximum atomic E-state index is 13.6. The molecule has 0 bridgehead atoms. The molecule has 0 aliphatic rings. The van der Waals surface area contributed by atoms with E-state index in [4.69, 9.17) is 41.5 Å². The van der Waals surface area contributed by atoms with Gasteiger partial charge in [-0.05, 0) is 76.6 Å². The van der Waals surface area contributed by atoms with Crippen LogP contribution in [0.15, 0.2) is 102 Å². The third-order valence-electron chi connectivity index (χ3n) is 10.1. The monoisotopic (exact) mass is 956 g/mol. The van der Waals surface area contributed by atoms with Crippen LogP contribution in [0, 0.1) is 11.8 Å². The highest BCUT2D eigenvalue weighted by Gasteiger charge is 2.25. The van der Waals surface area contributed by atoms with Crippen molar-refractivity contribution in [3.63, 3.8) is 0 Å². The SMILES string of the molecule is COc1cc2oc(-c3ccc(O)cc3O)c(CC=C(C)C)c(=O)c2c(O)c1/C=C/C(C)C.COc1cc2oc(-c3ccc(O)cc3O)c(CC=C(C)C)c(=O)c2c(O)c1/C=C/C(C)C.ClCCl. The standard InChI is InChI=1S/2C26H28O6.CH2Cl2/c2*1-14(2)6-9-18-21(31-5)13-22-23(24(18)29)25(30)19(10-7-15(3)4)26(32-22)17-11-8-16(27)12-20(17)28;2-1-3/h2*6-9,11-14,27-29H,10H2,1-5H3;1H2/b2*9-6+;. The summed E-state index contributed by atoms with van der Waals surface area (Å²) in [6.45, 7) is 15.7. The summed E-state index contributed by atoms with van der Waals surface area (Å²) in [6, 6.07) is 11.3. The number of rotatable bonds is 12. The molecule has 0 saturated heterocycles. The highest BCUT2D eigenvalue weighted by molar-refractivity contribution is 6.40. The number of aromatic hydroxyl groups is 6. The van der Waals surface area contributed by atoms with Crippen molar-refractivity contribution < 1.29 is 48.9 Å². The molecule has 0 aliphatic carbocycles. The molecule has 0 aliphatic heterocycles. The molecule has 0 radical (unpaired) electrons. The molecule has 14 heteroatoms. The predicted octanol–water partition coefficient (Wildman–Crippen LogP) is 12.9. The van der Waals surface area contributed by atoms with Gasteiger partial charge in [0.2, 0.25) is 10.9 Å². The Balaban J connectivity index is 0.000000276. The molecule has 6 rings (SSSR count). The number of ether oxygens (including phenoxy) is 2. The highest BCUT2D eigenvalue weighted by atomic mass is 35.5. The zero-order valence-electron chi connectivity index (χ0n) is 39.2. The number of phenols is 6. The number of fused-ring (bicyclic) bond motifs is 2. The largest absolute Gasteiger partial charge is 0.508 e.